The highest BCUT2D eigenvalue weighted by molar-refractivity contribution is 6.28. The Morgan fingerprint density at radius 2 is 2.05 bits per heavy atom. The summed E-state index contributed by atoms with van der Waals surface area (Å²) in [7, 11) is 0. The number of rotatable bonds is 3. The fourth-order valence-corrected chi connectivity index (χ4v) is 2.43. The number of fused-ring (bicyclic) bond motifs is 1. The molecule has 3 aromatic rings. The van der Waals surface area contributed by atoms with E-state index >= 15 is 0 Å². The standard InChI is InChI=1S/C14H13ClN4/c1-2-5-13-17-18-14(15)19(13)12-8-3-7-11-10(12)6-4-9-16-11/h3-4,6-9H,2,5H2,1H3. The Kier molecular flexibility index (Phi) is 3.17. The van der Waals surface area contributed by atoms with E-state index in [4.69, 9.17) is 11.6 Å². The minimum atomic E-state index is 0.389. The molecule has 2 heterocycles. The molecule has 0 saturated carbocycles. The second kappa shape index (κ2) is 4.97. The maximum Gasteiger partial charge on any atom is 0.229 e. The second-order valence-corrected chi connectivity index (χ2v) is 4.66. The Balaban J connectivity index is 2.27. The van der Waals surface area contributed by atoms with Crippen LogP contribution in [-0.4, -0.2) is 19.7 Å². The normalized spacial score (nSPS) is 11.1. The summed E-state index contributed by atoms with van der Waals surface area (Å²) in [6.07, 6.45) is 3.63. The van der Waals surface area contributed by atoms with Gasteiger partial charge in [-0.1, -0.05) is 13.0 Å². The number of nitrogens with zero attached hydrogens (tertiary/aromatic N) is 4. The highest BCUT2D eigenvalue weighted by atomic mass is 35.5. The number of hydrogen-bond acceptors (Lipinski definition) is 3. The molecule has 96 valence electrons. The molecule has 0 aliphatic rings. The lowest BCUT2D eigenvalue weighted by Gasteiger charge is -2.10. The molecule has 0 aliphatic carbocycles. The predicted octanol–water partition coefficient (Wildman–Crippen LogP) is 3.42. The van der Waals surface area contributed by atoms with Crippen molar-refractivity contribution in [2.45, 2.75) is 19.8 Å². The van der Waals surface area contributed by atoms with Gasteiger partial charge in [0.2, 0.25) is 5.28 Å². The van der Waals surface area contributed by atoms with Gasteiger partial charge in [-0.3, -0.25) is 9.55 Å². The summed E-state index contributed by atoms with van der Waals surface area (Å²) < 4.78 is 1.90. The zero-order valence-electron chi connectivity index (χ0n) is 10.5. The van der Waals surface area contributed by atoms with Crippen LogP contribution in [0.4, 0.5) is 0 Å². The molecular weight excluding hydrogens is 260 g/mol. The third-order valence-corrected chi connectivity index (χ3v) is 3.27. The molecule has 5 heteroatoms. The lowest BCUT2D eigenvalue weighted by atomic mass is 10.1. The van der Waals surface area contributed by atoms with Gasteiger partial charge in [-0.15, -0.1) is 10.2 Å². The van der Waals surface area contributed by atoms with E-state index in [1.807, 2.05) is 34.9 Å². The molecule has 0 bridgehead atoms. The van der Waals surface area contributed by atoms with Crippen LogP contribution >= 0.6 is 11.6 Å². The van der Waals surface area contributed by atoms with Crippen molar-refractivity contribution in [2.75, 3.05) is 0 Å². The van der Waals surface area contributed by atoms with Gasteiger partial charge >= 0.3 is 0 Å². The lowest BCUT2D eigenvalue weighted by molar-refractivity contribution is 0.805. The molecule has 4 nitrogen and oxygen atoms in total. The van der Waals surface area contributed by atoms with Gasteiger partial charge in [0.25, 0.3) is 0 Å². The molecule has 0 N–H and O–H groups in total. The van der Waals surface area contributed by atoms with Gasteiger partial charge in [0.1, 0.15) is 5.82 Å². The van der Waals surface area contributed by atoms with Gasteiger partial charge in [-0.25, -0.2) is 0 Å². The van der Waals surface area contributed by atoms with Gasteiger partial charge in [0, 0.05) is 18.0 Å². The highest BCUT2D eigenvalue weighted by Gasteiger charge is 2.13. The van der Waals surface area contributed by atoms with E-state index in [1.54, 1.807) is 6.20 Å². The topological polar surface area (TPSA) is 43.6 Å². The van der Waals surface area contributed by atoms with Crippen LogP contribution in [0.3, 0.4) is 0 Å². The third-order valence-electron chi connectivity index (χ3n) is 3.03. The molecule has 2 aromatic heterocycles. The molecule has 0 aliphatic heterocycles. The molecule has 3 rings (SSSR count). The smallest absolute Gasteiger partial charge is 0.229 e. The monoisotopic (exact) mass is 272 g/mol. The first kappa shape index (κ1) is 12.1. The number of pyridine rings is 1. The zero-order chi connectivity index (χ0) is 13.2. The first-order valence-electron chi connectivity index (χ1n) is 6.25. The third kappa shape index (κ3) is 2.08. The van der Waals surface area contributed by atoms with Crippen LogP contribution in [0.2, 0.25) is 5.28 Å². The van der Waals surface area contributed by atoms with Crippen LogP contribution in [0.25, 0.3) is 16.6 Å². The summed E-state index contributed by atoms with van der Waals surface area (Å²) in [5.41, 5.74) is 1.91. The zero-order valence-corrected chi connectivity index (χ0v) is 11.3. The Hall–Kier alpha value is -1.94. The number of aromatic nitrogens is 4. The van der Waals surface area contributed by atoms with E-state index in [2.05, 4.69) is 22.1 Å². The van der Waals surface area contributed by atoms with Crippen molar-refractivity contribution in [3.8, 4) is 5.69 Å². The highest BCUT2D eigenvalue weighted by Crippen LogP contribution is 2.25. The summed E-state index contributed by atoms with van der Waals surface area (Å²) in [5.74, 6) is 0.879. The number of hydrogen-bond donors (Lipinski definition) is 0. The minimum Gasteiger partial charge on any atom is -0.269 e. The predicted molar refractivity (Wildman–Crippen MR) is 75.7 cm³/mol. The largest absolute Gasteiger partial charge is 0.269 e. The van der Waals surface area contributed by atoms with Crippen LogP contribution < -0.4 is 0 Å². The molecule has 0 saturated heterocycles. The number of benzene rings is 1. The van der Waals surface area contributed by atoms with Gasteiger partial charge in [-0.2, -0.15) is 0 Å². The maximum atomic E-state index is 6.18. The molecule has 0 radical (unpaired) electrons. The van der Waals surface area contributed by atoms with Crippen molar-refractivity contribution in [3.63, 3.8) is 0 Å². The second-order valence-electron chi connectivity index (χ2n) is 4.32. The van der Waals surface area contributed by atoms with E-state index in [-0.39, 0.29) is 0 Å². The number of halogens is 1. The molecule has 0 atom stereocenters. The van der Waals surface area contributed by atoms with Crippen molar-refractivity contribution in [1.82, 2.24) is 19.7 Å². The van der Waals surface area contributed by atoms with Gasteiger partial charge in [0.05, 0.1) is 11.2 Å². The van der Waals surface area contributed by atoms with Crippen molar-refractivity contribution in [1.29, 1.82) is 0 Å². The Bertz CT molecular complexity index is 715. The van der Waals surface area contributed by atoms with E-state index in [1.165, 1.54) is 0 Å². The first-order valence-corrected chi connectivity index (χ1v) is 6.63. The Morgan fingerprint density at radius 1 is 1.16 bits per heavy atom. The van der Waals surface area contributed by atoms with Crippen LogP contribution in [0, 0.1) is 0 Å². The molecule has 0 fully saturated rings. The van der Waals surface area contributed by atoms with Gasteiger partial charge in [-0.05, 0) is 42.3 Å². The van der Waals surface area contributed by atoms with Crippen molar-refractivity contribution in [2.24, 2.45) is 0 Å². The molecule has 19 heavy (non-hydrogen) atoms. The van der Waals surface area contributed by atoms with Crippen LogP contribution in [0.1, 0.15) is 19.2 Å². The van der Waals surface area contributed by atoms with Crippen LogP contribution in [0.5, 0.6) is 0 Å². The number of aryl methyl sites for hydroxylation is 1. The summed E-state index contributed by atoms with van der Waals surface area (Å²) >= 11 is 6.18. The molecule has 0 unspecified atom stereocenters. The SMILES string of the molecule is CCCc1nnc(Cl)n1-c1cccc2ncccc12. The van der Waals surface area contributed by atoms with Crippen molar-refractivity contribution < 1.29 is 0 Å². The summed E-state index contributed by atoms with van der Waals surface area (Å²) in [4.78, 5) is 4.36. The van der Waals surface area contributed by atoms with E-state index in [0.717, 1.165) is 35.3 Å². The van der Waals surface area contributed by atoms with E-state index in [0.29, 0.717) is 5.28 Å². The molecule has 1 aromatic carbocycles. The van der Waals surface area contributed by atoms with Gasteiger partial charge in [0.15, 0.2) is 0 Å². The first-order chi connectivity index (χ1) is 9.31. The van der Waals surface area contributed by atoms with Crippen molar-refractivity contribution >= 4 is 22.5 Å². The Morgan fingerprint density at radius 3 is 2.89 bits per heavy atom. The lowest BCUT2D eigenvalue weighted by Crippen LogP contribution is -2.02. The minimum absolute atomic E-state index is 0.389. The van der Waals surface area contributed by atoms with E-state index in [9.17, 15) is 0 Å². The average Bonchev–Trinajstić information content (AvgIpc) is 2.80. The summed E-state index contributed by atoms with van der Waals surface area (Å²) in [6, 6.07) is 9.92. The fraction of sp³-hybridized carbons (Fsp3) is 0.214. The molecule has 0 spiro atoms. The summed E-state index contributed by atoms with van der Waals surface area (Å²) in [5, 5.41) is 9.56. The summed E-state index contributed by atoms with van der Waals surface area (Å²) in [6.45, 7) is 2.11. The Labute approximate surface area is 116 Å². The van der Waals surface area contributed by atoms with E-state index < -0.39 is 0 Å². The fourth-order valence-electron chi connectivity index (χ4n) is 2.20. The average molecular weight is 273 g/mol. The van der Waals surface area contributed by atoms with Crippen LogP contribution in [0.15, 0.2) is 36.5 Å². The molecule has 0 amide bonds. The van der Waals surface area contributed by atoms with Crippen LogP contribution in [-0.2, 0) is 6.42 Å². The van der Waals surface area contributed by atoms with Gasteiger partial charge < -0.3 is 0 Å². The van der Waals surface area contributed by atoms with Crippen molar-refractivity contribution in [3.05, 3.63) is 47.6 Å². The quantitative estimate of drug-likeness (QED) is 0.734. The maximum absolute atomic E-state index is 6.18. The molecular formula is C14H13ClN4.